The molecule has 7 heteroatoms. The Bertz CT molecular complexity index is 822. The number of amides is 2. The minimum absolute atomic E-state index is 0.133. The number of hydrogen-bond donors (Lipinski definition) is 1. The Morgan fingerprint density at radius 2 is 1.75 bits per heavy atom. The number of anilines is 1. The molecule has 122 valence electrons. The fourth-order valence-corrected chi connectivity index (χ4v) is 2.95. The molecular weight excluding hydrogens is 334 g/mol. The first-order valence-electron chi connectivity index (χ1n) is 7.04. The monoisotopic (exact) mass is 346 g/mol. The molecule has 0 bridgehead atoms. The second-order valence-corrected chi connectivity index (χ2v) is 5.97. The number of thioether (sulfide) groups is 1. The highest BCUT2D eigenvalue weighted by Crippen LogP contribution is 2.32. The first kappa shape index (κ1) is 16.2. The molecule has 0 saturated carbocycles. The standard InChI is InChI=1S/C17H12F2N2O2S/c18-12-7-5-11(6-8-12)9-15-16(22)21(17(23)24-15)10-20-14-4-2-1-3-13(14)19/h1-9,20H,10H2/b15-9+. The Kier molecular flexibility index (Phi) is 4.61. The van der Waals surface area contributed by atoms with E-state index < -0.39 is 17.0 Å². The van der Waals surface area contributed by atoms with Crippen LogP contribution >= 0.6 is 11.8 Å². The molecule has 3 rings (SSSR count). The average molecular weight is 346 g/mol. The van der Waals surface area contributed by atoms with Gasteiger partial charge in [-0.15, -0.1) is 0 Å². The summed E-state index contributed by atoms with van der Waals surface area (Å²) in [7, 11) is 0. The van der Waals surface area contributed by atoms with Gasteiger partial charge >= 0.3 is 0 Å². The number of hydrogen-bond acceptors (Lipinski definition) is 4. The van der Waals surface area contributed by atoms with Crippen molar-refractivity contribution >= 4 is 34.7 Å². The lowest BCUT2D eigenvalue weighted by atomic mass is 10.2. The number of para-hydroxylation sites is 1. The van der Waals surface area contributed by atoms with Crippen LogP contribution in [0.1, 0.15) is 5.56 Å². The minimum Gasteiger partial charge on any atom is -0.365 e. The number of carbonyl (C=O) groups is 2. The lowest BCUT2D eigenvalue weighted by Crippen LogP contribution is -2.33. The molecule has 1 heterocycles. The van der Waals surface area contributed by atoms with E-state index in [-0.39, 0.29) is 23.1 Å². The van der Waals surface area contributed by atoms with Gasteiger partial charge in [0, 0.05) is 0 Å². The first-order valence-corrected chi connectivity index (χ1v) is 7.85. The topological polar surface area (TPSA) is 49.4 Å². The van der Waals surface area contributed by atoms with Crippen LogP contribution in [0.25, 0.3) is 6.08 Å². The maximum absolute atomic E-state index is 13.6. The van der Waals surface area contributed by atoms with Gasteiger partial charge in [-0.3, -0.25) is 14.5 Å². The molecule has 1 saturated heterocycles. The maximum Gasteiger partial charge on any atom is 0.295 e. The Labute approximate surface area is 141 Å². The van der Waals surface area contributed by atoms with Crippen molar-refractivity contribution in [1.82, 2.24) is 4.90 Å². The van der Waals surface area contributed by atoms with E-state index in [9.17, 15) is 18.4 Å². The van der Waals surface area contributed by atoms with Gasteiger partial charge in [-0.1, -0.05) is 24.3 Å². The van der Waals surface area contributed by atoms with Gasteiger partial charge in [0.25, 0.3) is 11.1 Å². The van der Waals surface area contributed by atoms with Crippen molar-refractivity contribution in [1.29, 1.82) is 0 Å². The fraction of sp³-hybridized carbons (Fsp3) is 0.0588. The van der Waals surface area contributed by atoms with Crippen molar-refractivity contribution in [2.24, 2.45) is 0 Å². The van der Waals surface area contributed by atoms with E-state index in [1.807, 2.05) is 0 Å². The van der Waals surface area contributed by atoms with Crippen LogP contribution < -0.4 is 5.32 Å². The summed E-state index contributed by atoms with van der Waals surface area (Å²) in [5.74, 6) is -1.32. The largest absolute Gasteiger partial charge is 0.365 e. The average Bonchev–Trinajstić information content (AvgIpc) is 2.83. The first-order chi connectivity index (χ1) is 11.5. The van der Waals surface area contributed by atoms with Gasteiger partial charge in [-0.2, -0.15) is 0 Å². The van der Waals surface area contributed by atoms with E-state index in [4.69, 9.17) is 0 Å². The third kappa shape index (κ3) is 3.46. The zero-order chi connectivity index (χ0) is 17.1. The minimum atomic E-state index is -0.474. The van der Waals surface area contributed by atoms with Gasteiger partial charge in [0.2, 0.25) is 0 Å². The summed E-state index contributed by atoms with van der Waals surface area (Å²) < 4.78 is 26.5. The SMILES string of the molecule is O=C1S/C(=C/c2ccc(F)cc2)C(=O)N1CNc1ccccc1F. The molecule has 0 spiro atoms. The normalized spacial score (nSPS) is 16.1. The van der Waals surface area contributed by atoms with Crippen LogP contribution in [0.3, 0.4) is 0 Å². The number of halogens is 2. The summed E-state index contributed by atoms with van der Waals surface area (Å²) in [6.07, 6.45) is 1.52. The molecule has 0 radical (unpaired) electrons. The Balaban J connectivity index is 1.72. The predicted octanol–water partition coefficient (Wildman–Crippen LogP) is 4.07. The Morgan fingerprint density at radius 1 is 1.04 bits per heavy atom. The molecule has 0 unspecified atom stereocenters. The van der Waals surface area contributed by atoms with Crippen LogP contribution in [-0.4, -0.2) is 22.7 Å². The van der Waals surface area contributed by atoms with Crippen LogP contribution in [0.15, 0.2) is 53.4 Å². The smallest absolute Gasteiger partial charge is 0.295 e. The molecule has 1 fully saturated rings. The van der Waals surface area contributed by atoms with E-state index in [1.54, 1.807) is 12.1 Å². The molecule has 1 aliphatic heterocycles. The van der Waals surface area contributed by atoms with Crippen LogP contribution in [-0.2, 0) is 4.79 Å². The molecule has 2 aromatic carbocycles. The number of nitrogens with one attached hydrogen (secondary N) is 1. The van der Waals surface area contributed by atoms with Crippen molar-refractivity contribution in [3.8, 4) is 0 Å². The molecule has 1 aliphatic rings. The highest BCUT2D eigenvalue weighted by atomic mass is 32.2. The lowest BCUT2D eigenvalue weighted by Gasteiger charge is -2.14. The fourth-order valence-electron chi connectivity index (χ4n) is 2.12. The maximum atomic E-state index is 13.6. The molecular formula is C17H12F2N2O2S. The third-order valence-electron chi connectivity index (χ3n) is 3.34. The molecule has 0 aromatic heterocycles. The van der Waals surface area contributed by atoms with Gasteiger partial charge in [0.05, 0.1) is 17.3 Å². The van der Waals surface area contributed by atoms with E-state index in [1.165, 1.54) is 42.5 Å². The molecule has 0 atom stereocenters. The van der Waals surface area contributed by atoms with Crippen molar-refractivity contribution in [2.45, 2.75) is 0 Å². The molecule has 2 aromatic rings. The van der Waals surface area contributed by atoms with E-state index in [0.29, 0.717) is 5.56 Å². The van der Waals surface area contributed by atoms with Crippen molar-refractivity contribution in [3.05, 3.63) is 70.6 Å². The van der Waals surface area contributed by atoms with Crippen molar-refractivity contribution in [3.63, 3.8) is 0 Å². The second kappa shape index (κ2) is 6.84. The number of imide groups is 1. The van der Waals surface area contributed by atoms with Gasteiger partial charge in [0.1, 0.15) is 11.6 Å². The molecule has 24 heavy (non-hydrogen) atoms. The molecule has 1 N–H and O–H groups in total. The van der Waals surface area contributed by atoms with E-state index >= 15 is 0 Å². The molecule has 0 aliphatic carbocycles. The van der Waals surface area contributed by atoms with Crippen molar-refractivity contribution < 1.29 is 18.4 Å². The van der Waals surface area contributed by atoms with Crippen LogP contribution in [0.4, 0.5) is 19.3 Å². The summed E-state index contributed by atoms with van der Waals surface area (Å²) in [5.41, 5.74) is 0.822. The number of benzene rings is 2. The van der Waals surface area contributed by atoms with Gasteiger partial charge in [-0.25, -0.2) is 8.78 Å². The van der Waals surface area contributed by atoms with Crippen LogP contribution in [0, 0.1) is 11.6 Å². The summed E-state index contributed by atoms with van der Waals surface area (Å²) in [5, 5.41) is 2.28. The predicted molar refractivity (Wildman–Crippen MR) is 89.1 cm³/mol. The van der Waals surface area contributed by atoms with Gasteiger partial charge in [0.15, 0.2) is 0 Å². The summed E-state index contributed by atoms with van der Waals surface area (Å²) in [6, 6.07) is 11.6. The third-order valence-corrected chi connectivity index (χ3v) is 4.25. The summed E-state index contributed by atoms with van der Waals surface area (Å²) in [4.78, 5) is 25.5. The lowest BCUT2D eigenvalue weighted by molar-refractivity contribution is -0.122. The highest BCUT2D eigenvalue weighted by Gasteiger charge is 2.34. The Morgan fingerprint density at radius 3 is 2.46 bits per heavy atom. The summed E-state index contributed by atoms with van der Waals surface area (Å²) >= 11 is 0.791. The van der Waals surface area contributed by atoms with E-state index in [0.717, 1.165) is 16.7 Å². The van der Waals surface area contributed by atoms with Crippen molar-refractivity contribution in [2.75, 3.05) is 12.0 Å². The summed E-state index contributed by atoms with van der Waals surface area (Å²) in [6.45, 7) is -0.133. The number of rotatable bonds is 4. The van der Waals surface area contributed by atoms with Crippen LogP contribution in [0.2, 0.25) is 0 Å². The number of carbonyl (C=O) groups excluding carboxylic acids is 2. The quantitative estimate of drug-likeness (QED) is 0.848. The van der Waals surface area contributed by atoms with E-state index in [2.05, 4.69) is 5.32 Å². The zero-order valence-electron chi connectivity index (χ0n) is 12.3. The zero-order valence-corrected chi connectivity index (χ0v) is 13.1. The number of nitrogens with zero attached hydrogens (tertiary/aromatic N) is 1. The molecule has 4 nitrogen and oxygen atoms in total. The van der Waals surface area contributed by atoms with Gasteiger partial charge < -0.3 is 5.32 Å². The Hall–Kier alpha value is -2.67. The molecule has 2 amide bonds. The second-order valence-electron chi connectivity index (χ2n) is 4.98. The highest BCUT2D eigenvalue weighted by molar-refractivity contribution is 8.18. The van der Waals surface area contributed by atoms with Gasteiger partial charge in [-0.05, 0) is 47.7 Å². The van der Waals surface area contributed by atoms with Crippen LogP contribution in [0.5, 0.6) is 0 Å².